The first-order valence-corrected chi connectivity index (χ1v) is 31.5. The second-order valence-electron chi connectivity index (χ2n) is 20.7. The van der Waals surface area contributed by atoms with Gasteiger partial charge in [0.2, 0.25) is 5.91 Å². The van der Waals surface area contributed by atoms with Crippen molar-refractivity contribution in [1.82, 2.24) is 5.32 Å². The fraction of sp³-hybridized carbons (Fsp3) is 0.636. The SMILES string of the molecule is CC/C=C\C/C=C\C/C=C\C/C=C\C/C=C\C/C=C\CCCCCCC(=O)OC(/C=C\CCCCCCCCCCC)C(COP(=O)([O-])OCC[N+](C)(C)C)NC(=O)CCCCC/C=C/C/C=C/C/C=C/C/C=C/CC. The molecule has 1 amide bonds. The van der Waals surface area contributed by atoms with E-state index in [0.717, 1.165) is 128 Å². The van der Waals surface area contributed by atoms with Gasteiger partial charge in [0, 0.05) is 12.8 Å². The molecule has 432 valence electrons. The number of esters is 1. The number of carbonyl (C=O) groups excluding carboxylic acids is 2. The zero-order chi connectivity index (χ0) is 55.7. The fourth-order valence-corrected chi connectivity index (χ4v) is 8.47. The van der Waals surface area contributed by atoms with Gasteiger partial charge in [-0.15, -0.1) is 0 Å². The summed E-state index contributed by atoms with van der Waals surface area (Å²) in [5, 5.41) is 2.99. The van der Waals surface area contributed by atoms with Crippen molar-refractivity contribution in [3.05, 3.63) is 134 Å². The van der Waals surface area contributed by atoms with Crippen molar-refractivity contribution in [2.45, 2.75) is 232 Å². The van der Waals surface area contributed by atoms with Gasteiger partial charge in [-0.05, 0) is 122 Å². The van der Waals surface area contributed by atoms with Crippen LogP contribution in [-0.4, -0.2) is 69.4 Å². The molecule has 0 aliphatic heterocycles. The molecule has 0 saturated heterocycles. The summed E-state index contributed by atoms with van der Waals surface area (Å²) in [6.07, 6.45) is 77.1. The molecule has 0 aromatic heterocycles. The monoisotopic (exact) mass is 1070 g/mol. The van der Waals surface area contributed by atoms with E-state index in [2.05, 4.69) is 148 Å². The number of allylic oxidation sites excluding steroid dienone is 21. The third-order valence-electron chi connectivity index (χ3n) is 12.3. The molecular weight excluding hydrogens is 964 g/mol. The summed E-state index contributed by atoms with van der Waals surface area (Å²) in [7, 11) is 1.12. The lowest BCUT2D eigenvalue weighted by molar-refractivity contribution is -0.870. The minimum atomic E-state index is -4.72. The second kappa shape index (κ2) is 54.5. The lowest BCUT2D eigenvalue weighted by Crippen LogP contribution is -2.47. The van der Waals surface area contributed by atoms with Gasteiger partial charge in [-0.2, -0.15) is 0 Å². The highest BCUT2D eigenvalue weighted by Crippen LogP contribution is 2.38. The number of nitrogens with one attached hydrogen (secondary N) is 1. The summed E-state index contributed by atoms with van der Waals surface area (Å²) in [5.74, 6) is -0.619. The summed E-state index contributed by atoms with van der Waals surface area (Å²) in [6, 6.07) is -0.925. The molecule has 1 N–H and O–H groups in total. The number of amides is 1. The average Bonchev–Trinajstić information content (AvgIpc) is 3.38. The Balaban J connectivity index is 5.35. The number of unbranched alkanes of at least 4 members (excludes halogenated alkanes) is 16. The van der Waals surface area contributed by atoms with Crippen molar-refractivity contribution in [1.29, 1.82) is 0 Å². The van der Waals surface area contributed by atoms with E-state index >= 15 is 0 Å². The number of quaternary nitrogens is 1. The molecular formula is C66H111N2O7P. The Kier molecular flexibility index (Phi) is 51.7. The standard InChI is InChI=1S/C66H111N2O7P/c1-7-10-13-16-19-22-25-27-29-31-32-33-34-35-36-37-39-41-44-47-50-53-56-59-66(70)75-64(57-54-51-48-45-42-24-21-18-15-12-9-3)63(62-74-76(71,72)73-61-60-68(4,5)6)67-65(69)58-55-52-49-46-43-40-38-30-28-26-23-20-17-14-11-8-2/h10-11,13-14,19-20,22-23,27-30,32-33,35-36,39-41,43,54,57,63-64H,7-9,12,15-18,21,24-26,31,34,37-38,42,44-53,55-56,58-62H2,1-6H3,(H-,67,69,71,72)/b13-10-,14-11+,22-19-,23-20+,29-27-,30-28+,33-32-,36-35-,41-39-,43-40+,57-54-. The minimum absolute atomic E-state index is 0.0410. The van der Waals surface area contributed by atoms with Gasteiger partial charge < -0.3 is 28.5 Å². The van der Waals surface area contributed by atoms with Gasteiger partial charge >= 0.3 is 5.97 Å². The van der Waals surface area contributed by atoms with Crippen molar-refractivity contribution in [2.24, 2.45) is 0 Å². The van der Waals surface area contributed by atoms with Gasteiger partial charge in [0.25, 0.3) is 7.82 Å². The van der Waals surface area contributed by atoms with Gasteiger partial charge in [0.05, 0.1) is 33.8 Å². The third-order valence-corrected chi connectivity index (χ3v) is 13.3. The lowest BCUT2D eigenvalue weighted by atomic mass is 10.1. The average molecular weight is 1080 g/mol. The van der Waals surface area contributed by atoms with Crippen molar-refractivity contribution in [3.8, 4) is 0 Å². The summed E-state index contributed by atoms with van der Waals surface area (Å²) < 4.78 is 30.2. The number of hydrogen-bond acceptors (Lipinski definition) is 7. The molecule has 10 heteroatoms. The maximum Gasteiger partial charge on any atom is 0.306 e. The molecule has 0 saturated carbocycles. The van der Waals surface area contributed by atoms with Crippen LogP contribution in [0.1, 0.15) is 220 Å². The smallest absolute Gasteiger partial charge is 0.306 e. The number of likely N-dealkylation sites (N-methyl/N-ethyl adjacent to an activating group) is 1. The Labute approximate surface area is 466 Å². The van der Waals surface area contributed by atoms with Crippen LogP contribution in [0.25, 0.3) is 0 Å². The molecule has 0 aliphatic rings. The van der Waals surface area contributed by atoms with E-state index in [1.807, 2.05) is 27.2 Å². The zero-order valence-corrected chi connectivity index (χ0v) is 50.0. The molecule has 3 unspecified atom stereocenters. The number of ether oxygens (including phenoxy) is 1. The molecule has 0 fully saturated rings. The van der Waals surface area contributed by atoms with Crippen LogP contribution in [0, 0.1) is 0 Å². The summed E-state index contributed by atoms with van der Waals surface area (Å²) in [4.78, 5) is 39.9. The molecule has 76 heavy (non-hydrogen) atoms. The first-order valence-electron chi connectivity index (χ1n) is 30.0. The van der Waals surface area contributed by atoms with Crippen LogP contribution < -0.4 is 10.2 Å². The van der Waals surface area contributed by atoms with Crippen LogP contribution in [0.2, 0.25) is 0 Å². The predicted octanol–water partition coefficient (Wildman–Crippen LogP) is 17.9. The minimum Gasteiger partial charge on any atom is -0.756 e. The van der Waals surface area contributed by atoms with E-state index in [4.69, 9.17) is 13.8 Å². The van der Waals surface area contributed by atoms with Gasteiger partial charge in [-0.3, -0.25) is 14.2 Å². The Morgan fingerprint density at radius 1 is 0.474 bits per heavy atom. The van der Waals surface area contributed by atoms with Crippen molar-refractivity contribution >= 4 is 19.7 Å². The topological polar surface area (TPSA) is 114 Å². The Hall–Kier alpha value is -3.85. The molecule has 0 aromatic rings. The normalized spacial score (nSPS) is 14.7. The first kappa shape index (κ1) is 72.2. The maximum atomic E-state index is 13.5. The van der Waals surface area contributed by atoms with Gasteiger partial charge in [-0.1, -0.05) is 219 Å². The second-order valence-corrected chi connectivity index (χ2v) is 22.1. The quantitative estimate of drug-likeness (QED) is 0.0212. The fourth-order valence-electron chi connectivity index (χ4n) is 7.75. The molecule has 0 rings (SSSR count). The molecule has 0 radical (unpaired) electrons. The number of carbonyl (C=O) groups is 2. The Bertz CT molecular complexity index is 1760. The van der Waals surface area contributed by atoms with Crippen LogP contribution in [0.15, 0.2) is 134 Å². The van der Waals surface area contributed by atoms with Crippen molar-refractivity contribution in [3.63, 3.8) is 0 Å². The van der Waals surface area contributed by atoms with Crippen LogP contribution in [0.5, 0.6) is 0 Å². The van der Waals surface area contributed by atoms with E-state index in [9.17, 15) is 19.0 Å². The molecule has 0 bridgehead atoms. The maximum absolute atomic E-state index is 13.5. The van der Waals surface area contributed by atoms with Crippen LogP contribution in [-0.2, 0) is 27.9 Å². The van der Waals surface area contributed by atoms with E-state index in [1.54, 1.807) is 6.08 Å². The first-order chi connectivity index (χ1) is 36.9. The van der Waals surface area contributed by atoms with Crippen molar-refractivity contribution < 1.29 is 37.3 Å². The molecule has 0 spiro atoms. The highest BCUT2D eigenvalue weighted by atomic mass is 31.2. The molecule has 0 heterocycles. The van der Waals surface area contributed by atoms with Crippen LogP contribution in [0.4, 0.5) is 0 Å². The van der Waals surface area contributed by atoms with E-state index in [-0.39, 0.29) is 31.3 Å². The van der Waals surface area contributed by atoms with Crippen molar-refractivity contribution in [2.75, 3.05) is 40.9 Å². The highest BCUT2D eigenvalue weighted by molar-refractivity contribution is 7.45. The highest BCUT2D eigenvalue weighted by Gasteiger charge is 2.27. The molecule has 0 aliphatic carbocycles. The molecule has 0 aromatic carbocycles. The summed E-state index contributed by atoms with van der Waals surface area (Å²) >= 11 is 0. The number of phosphoric ester groups is 1. The molecule has 9 nitrogen and oxygen atoms in total. The number of phosphoric acid groups is 1. The summed E-state index contributed by atoms with van der Waals surface area (Å²) in [6.45, 7) is 6.54. The van der Waals surface area contributed by atoms with E-state index < -0.39 is 26.6 Å². The number of rotatable bonds is 52. The third kappa shape index (κ3) is 54.9. The summed E-state index contributed by atoms with van der Waals surface area (Å²) in [5.41, 5.74) is 0. The number of nitrogens with zero attached hydrogens (tertiary/aromatic N) is 1. The van der Waals surface area contributed by atoms with Crippen LogP contribution >= 0.6 is 7.82 Å². The van der Waals surface area contributed by atoms with Crippen LogP contribution in [0.3, 0.4) is 0 Å². The number of hydrogen-bond donors (Lipinski definition) is 1. The zero-order valence-electron chi connectivity index (χ0n) is 49.2. The molecule has 3 atom stereocenters. The Morgan fingerprint density at radius 3 is 1.28 bits per heavy atom. The predicted molar refractivity (Wildman–Crippen MR) is 325 cm³/mol. The van der Waals surface area contributed by atoms with E-state index in [0.29, 0.717) is 23.9 Å². The van der Waals surface area contributed by atoms with Gasteiger partial charge in [0.15, 0.2) is 0 Å². The van der Waals surface area contributed by atoms with Gasteiger partial charge in [0.1, 0.15) is 19.3 Å². The largest absolute Gasteiger partial charge is 0.756 e. The Morgan fingerprint density at radius 2 is 0.842 bits per heavy atom. The van der Waals surface area contributed by atoms with Gasteiger partial charge in [-0.25, -0.2) is 0 Å². The lowest BCUT2D eigenvalue weighted by Gasteiger charge is -2.30. The van der Waals surface area contributed by atoms with E-state index in [1.165, 1.54) is 44.9 Å².